The van der Waals surface area contributed by atoms with Gasteiger partial charge in [0.15, 0.2) is 35.7 Å². The Labute approximate surface area is 264 Å². The molecule has 6 N–H and O–H groups in total. The molecular formula is C20H22FN9O10P2S3. The van der Waals surface area contributed by atoms with Crippen molar-refractivity contribution in [3.05, 3.63) is 28.6 Å². The molecule has 19 nitrogen and oxygen atoms in total. The van der Waals surface area contributed by atoms with Crippen molar-refractivity contribution in [1.82, 2.24) is 34.1 Å². The molecule has 0 aliphatic carbocycles. The Balaban J connectivity index is 1.18. The number of aromatic nitrogens is 7. The van der Waals surface area contributed by atoms with Crippen LogP contribution in [0.4, 0.5) is 16.0 Å². The minimum Gasteiger partial charge on any atom is -0.386 e. The Morgan fingerprint density at radius 1 is 1.00 bits per heavy atom. The van der Waals surface area contributed by atoms with Gasteiger partial charge in [0.1, 0.15) is 59.2 Å². The Hall–Kier alpha value is -2.24. The van der Waals surface area contributed by atoms with Gasteiger partial charge in [-0.05, 0) is 11.8 Å². The monoisotopic (exact) mass is 725 g/mol. The van der Waals surface area contributed by atoms with Gasteiger partial charge in [-0.15, -0.1) is 0 Å². The van der Waals surface area contributed by atoms with Crippen LogP contribution in [0.2, 0.25) is 0 Å². The largest absolute Gasteiger partial charge is 0.386 e. The maximum atomic E-state index is 16.0. The Morgan fingerprint density at radius 3 is 2.44 bits per heavy atom. The second kappa shape index (κ2) is 11.5. The van der Waals surface area contributed by atoms with E-state index < -0.39 is 80.8 Å². The highest BCUT2D eigenvalue weighted by Gasteiger charge is 2.53. The average molecular weight is 726 g/mol. The van der Waals surface area contributed by atoms with Crippen LogP contribution in [0.15, 0.2) is 23.8 Å². The summed E-state index contributed by atoms with van der Waals surface area (Å²) in [4.78, 5) is 43.2. The summed E-state index contributed by atoms with van der Waals surface area (Å²) < 4.78 is 65.7. The number of anilines is 2. The molecule has 0 saturated carbocycles. The number of imidazole rings is 1. The lowest BCUT2D eigenvalue weighted by molar-refractivity contribution is -0.0573. The summed E-state index contributed by atoms with van der Waals surface area (Å²) in [5.41, 5.74) is 12.1. The van der Waals surface area contributed by atoms with E-state index in [0.29, 0.717) is 0 Å². The van der Waals surface area contributed by atoms with Crippen LogP contribution in [-0.2, 0) is 43.9 Å². The number of nitrogens with two attached hydrogens (primary N) is 2. The van der Waals surface area contributed by atoms with Crippen LogP contribution in [0, 0.1) is 0 Å². The molecule has 10 atom stereocenters. The lowest BCUT2D eigenvalue weighted by Crippen LogP contribution is -2.38. The standard InChI is InChI=1S/C20H22FN9O10P2S3/c21-8-11-6(37-18(8)29-5-28-9-14(22)24-3-26-16(9)29)1-35-42(34,44)40-12-7(2-36-41(33,43)39-11)38-19(10(12)31)30-17-13(45-20(30)32)15(23)25-4-27-17/h3-8,10-12,18-19,31H,1-2H2,(H,33,43)(H,34,44)(H2,22,24,26)(H2,23,25,27)/t6-,7?,8-,10?,11?,12?,18-,19-,41?,42?/m1/s1. The number of ether oxygens (including phenoxy) is 2. The number of hydrogen-bond acceptors (Lipinski definition) is 18. The number of nitrogen functional groups attached to an aromatic ring is 2. The lowest BCUT2D eigenvalue weighted by atomic mass is 10.1. The van der Waals surface area contributed by atoms with Gasteiger partial charge in [0.05, 0.1) is 19.5 Å². The molecule has 0 spiro atoms. The fraction of sp³-hybridized carbons (Fsp3) is 0.500. The highest BCUT2D eigenvalue weighted by Crippen LogP contribution is 2.58. The summed E-state index contributed by atoms with van der Waals surface area (Å²) >= 11 is 9.91. The fourth-order valence-electron chi connectivity index (χ4n) is 5.23. The molecule has 4 aromatic heterocycles. The number of aliphatic hydroxyl groups is 1. The maximum Gasteiger partial charge on any atom is 0.386 e. The summed E-state index contributed by atoms with van der Waals surface area (Å²) in [6.45, 7) is -9.88. The second-order valence-corrected chi connectivity index (χ2v) is 16.6. The van der Waals surface area contributed by atoms with Crippen molar-refractivity contribution in [1.29, 1.82) is 0 Å². The van der Waals surface area contributed by atoms with E-state index in [4.69, 9.17) is 50.8 Å². The van der Waals surface area contributed by atoms with Gasteiger partial charge in [-0.1, -0.05) is 23.6 Å². The maximum absolute atomic E-state index is 16.0. The van der Waals surface area contributed by atoms with Crippen molar-refractivity contribution >= 4 is 82.1 Å². The van der Waals surface area contributed by atoms with E-state index in [1.165, 1.54) is 10.9 Å². The third-order valence-corrected chi connectivity index (χ3v) is 11.4. The molecule has 3 aliphatic heterocycles. The van der Waals surface area contributed by atoms with E-state index >= 15 is 4.39 Å². The molecule has 3 saturated heterocycles. The number of alkyl halides is 1. The molecule has 4 aromatic rings. The molecule has 0 aromatic carbocycles. The molecule has 3 fully saturated rings. The van der Waals surface area contributed by atoms with Gasteiger partial charge in [0.2, 0.25) is 0 Å². The van der Waals surface area contributed by atoms with Crippen molar-refractivity contribution < 1.29 is 46.5 Å². The van der Waals surface area contributed by atoms with E-state index in [2.05, 4.69) is 37.2 Å². The number of fused-ring (bicyclic) bond motifs is 4. The van der Waals surface area contributed by atoms with Crippen LogP contribution in [-0.4, -0.2) is 94.0 Å². The quantitative estimate of drug-likeness (QED) is 0.139. The van der Waals surface area contributed by atoms with Gasteiger partial charge in [-0.3, -0.25) is 27.5 Å². The zero-order valence-electron chi connectivity index (χ0n) is 22.2. The van der Waals surface area contributed by atoms with E-state index in [1.54, 1.807) is 0 Å². The van der Waals surface area contributed by atoms with Gasteiger partial charge in [0.25, 0.3) is 0 Å². The van der Waals surface area contributed by atoms with Crippen molar-refractivity contribution in [2.24, 2.45) is 0 Å². The first kappa shape index (κ1) is 31.4. The second-order valence-electron chi connectivity index (χ2n) is 9.97. The van der Waals surface area contributed by atoms with Gasteiger partial charge in [-0.25, -0.2) is 33.9 Å². The molecule has 0 amide bonds. The van der Waals surface area contributed by atoms with Crippen LogP contribution in [0.5, 0.6) is 0 Å². The first-order valence-corrected chi connectivity index (χ1v) is 18.9. The predicted octanol–water partition coefficient (Wildman–Crippen LogP) is 0.423. The van der Waals surface area contributed by atoms with Crippen molar-refractivity contribution in [3.8, 4) is 0 Å². The average Bonchev–Trinajstić information content (AvgIpc) is 3.71. The van der Waals surface area contributed by atoms with Gasteiger partial charge in [-0.2, -0.15) is 0 Å². The van der Waals surface area contributed by atoms with E-state index in [9.17, 15) is 19.4 Å². The third kappa shape index (κ3) is 5.58. The van der Waals surface area contributed by atoms with Gasteiger partial charge in [0, 0.05) is 0 Å². The molecule has 45 heavy (non-hydrogen) atoms. The minimum atomic E-state index is -4.39. The highest BCUT2D eigenvalue weighted by molar-refractivity contribution is 8.44. The van der Waals surface area contributed by atoms with Crippen LogP contribution in [0.25, 0.3) is 21.5 Å². The molecule has 25 heteroatoms. The minimum absolute atomic E-state index is 0.0339. The van der Waals surface area contributed by atoms with Crippen molar-refractivity contribution in [3.63, 3.8) is 0 Å². The summed E-state index contributed by atoms with van der Waals surface area (Å²) in [5, 5.41) is 11.3. The Morgan fingerprint density at radius 2 is 1.67 bits per heavy atom. The van der Waals surface area contributed by atoms with Gasteiger partial charge < -0.3 is 35.5 Å². The molecule has 3 aliphatic rings. The molecule has 6 unspecified atom stereocenters. The Bertz CT molecular complexity index is 1950. The van der Waals surface area contributed by atoms with Crippen LogP contribution in [0.3, 0.4) is 0 Å². The number of nitrogens with zero attached hydrogens (tertiary/aromatic N) is 7. The molecule has 242 valence electrons. The topological polar surface area (TPSA) is 256 Å². The Kier molecular flexibility index (Phi) is 8.00. The van der Waals surface area contributed by atoms with E-state index in [0.717, 1.165) is 28.6 Å². The van der Waals surface area contributed by atoms with Crippen molar-refractivity contribution in [2.75, 3.05) is 24.7 Å². The van der Waals surface area contributed by atoms with Crippen molar-refractivity contribution in [2.45, 2.75) is 49.1 Å². The number of aliphatic hydroxyl groups excluding tert-OH is 1. The van der Waals surface area contributed by atoms with Crippen LogP contribution < -0.4 is 16.3 Å². The normalized spacial score (nSPS) is 37.7. The van der Waals surface area contributed by atoms with Crippen LogP contribution in [0.1, 0.15) is 12.5 Å². The smallest absolute Gasteiger partial charge is 0.386 e. The summed E-state index contributed by atoms with van der Waals surface area (Å²) in [6, 6.07) is 0. The number of hydrogen-bond donors (Lipinski definition) is 5. The van der Waals surface area contributed by atoms with Gasteiger partial charge >= 0.3 is 18.4 Å². The number of thiol groups is 1. The fourth-order valence-corrected chi connectivity index (χ4v) is 9.02. The number of halogens is 1. The van der Waals surface area contributed by atoms with E-state index in [-0.39, 0.29) is 33.1 Å². The molecule has 7 rings (SSSR count). The molecule has 0 radical (unpaired) electrons. The SMILES string of the molecule is Nc1ncnc2c1ncn2[C@@H]1O[C@@H]2COP(O)(=S)OC3C(COP(=O)(S)OC2[C@H]1F)O[C@@H](n1c(=O)sc2c(N)ncnc21)C3O. The third-order valence-electron chi connectivity index (χ3n) is 7.23. The zero-order chi connectivity index (χ0) is 31.8. The zero-order valence-corrected chi connectivity index (χ0v) is 26.6. The summed E-state index contributed by atoms with van der Waals surface area (Å²) in [6.07, 6.45) is -8.79. The lowest BCUT2D eigenvalue weighted by Gasteiger charge is -2.29. The number of thiazole rings is 1. The summed E-state index contributed by atoms with van der Waals surface area (Å²) in [5.74, 6) is 0.0860. The highest BCUT2D eigenvalue weighted by atomic mass is 32.7. The molecule has 0 bridgehead atoms. The summed E-state index contributed by atoms with van der Waals surface area (Å²) in [7, 11) is 0. The van der Waals surface area contributed by atoms with E-state index in [1.807, 2.05) is 0 Å². The predicted molar refractivity (Wildman–Crippen MR) is 159 cm³/mol. The first-order chi connectivity index (χ1) is 21.3. The number of rotatable bonds is 2. The molecule has 7 heterocycles. The first-order valence-electron chi connectivity index (χ1n) is 12.8. The molecular weight excluding hydrogens is 703 g/mol. The van der Waals surface area contributed by atoms with Crippen LogP contribution >= 0.6 is 37.1 Å².